The molecule has 0 spiro atoms. The Bertz CT molecular complexity index is 279. The Hall–Kier alpha value is -2.23. The minimum atomic E-state index is -1.51. The summed E-state index contributed by atoms with van der Waals surface area (Å²) < 4.78 is 0. The first-order valence-electron chi connectivity index (χ1n) is 3.49. The van der Waals surface area contributed by atoms with Crippen molar-refractivity contribution in [3.63, 3.8) is 0 Å². The quantitative estimate of drug-likeness (QED) is 0.288. The van der Waals surface area contributed by atoms with Crippen molar-refractivity contribution in [3.8, 4) is 0 Å². The van der Waals surface area contributed by atoms with Gasteiger partial charge in [-0.1, -0.05) is 0 Å². The summed E-state index contributed by atoms with van der Waals surface area (Å²) >= 11 is 0. The van der Waals surface area contributed by atoms with Gasteiger partial charge in [-0.15, -0.1) is 0 Å². The van der Waals surface area contributed by atoms with Crippen molar-refractivity contribution in [2.75, 3.05) is 0 Å². The molecule has 0 rings (SSSR count). The van der Waals surface area contributed by atoms with E-state index < -0.39 is 23.9 Å². The van der Waals surface area contributed by atoms with Gasteiger partial charge in [-0.3, -0.25) is 0 Å². The molecule has 0 fully saturated rings. The maximum absolute atomic E-state index is 9.53. The van der Waals surface area contributed by atoms with Crippen molar-refractivity contribution in [2.24, 2.45) is 0 Å². The third-order valence-corrected chi connectivity index (χ3v) is 0.724. The molecule has 0 aromatic carbocycles. The van der Waals surface area contributed by atoms with Crippen LogP contribution in [0.5, 0.6) is 0 Å². The van der Waals surface area contributed by atoms with Crippen molar-refractivity contribution in [1.29, 1.82) is 0 Å². The van der Waals surface area contributed by atoms with Gasteiger partial charge in [0.15, 0.2) is 0 Å². The number of hydrogen-bond donors (Lipinski definition) is 2. The van der Waals surface area contributed by atoms with Crippen LogP contribution in [0.3, 0.4) is 0 Å². The van der Waals surface area contributed by atoms with Gasteiger partial charge in [0.2, 0.25) is 0 Å². The molecule has 8 N–H and O–H groups in total. The maximum Gasteiger partial charge on any atom is 0.328 e. The molecule has 0 aliphatic rings. The van der Waals surface area contributed by atoms with E-state index in [0.717, 1.165) is 0 Å². The van der Waals surface area contributed by atoms with Gasteiger partial charge < -0.3 is 41.0 Å². The van der Waals surface area contributed by atoms with E-state index in [0.29, 0.717) is 24.3 Å². The average molecular weight is 327 g/mol. The van der Waals surface area contributed by atoms with Gasteiger partial charge in [-0.05, 0) is 12.2 Å². The Kier molecular flexibility index (Phi) is 28.8. The summed E-state index contributed by atoms with van der Waals surface area (Å²) in [4.78, 5) is 37.9. The molecule has 0 bridgehead atoms. The number of aliphatic carboxylic acids is 4. The van der Waals surface area contributed by atoms with Gasteiger partial charge in [-0.25, -0.2) is 9.59 Å². The first-order chi connectivity index (χ1) is 7.25. The van der Waals surface area contributed by atoms with Crippen LogP contribution in [0.2, 0.25) is 0 Å². The van der Waals surface area contributed by atoms with Gasteiger partial charge in [0, 0.05) is 28.6 Å². The Morgan fingerprint density at radius 3 is 0.947 bits per heavy atom. The molecule has 11 heteroatoms. The molecule has 0 radical (unpaired) electrons. The van der Waals surface area contributed by atoms with E-state index in [1.54, 1.807) is 0 Å². The largest absolute Gasteiger partial charge is 0.545 e. The SMILES string of the molecule is O=C([O-])C=CC(=O)O.O=C([O-])C=CC(=O)O.[Ni].[OH3+].[OH3+]. The maximum atomic E-state index is 9.53. The van der Waals surface area contributed by atoms with Crippen LogP contribution in [-0.4, -0.2) is 34.1 Å². The predicted octanol–water partition coefficient (Wildman–Crippen LogP) is -5.09. The Morgan fingerprint density at radius 2 is 0.895 bits per heavy atom. The summed E-state index contributed by atoms with van der Waals surface area (Å²) in [6.45, 7) is 0. The Labute approximate surface area is 116 Å². The summed E-state index contributed by atoms with van der Waals surface area (Å²) in [6.07, 6.45) is 1.88. The fourth-order valence-electron chi connectivity index (χ4n) is 0.279. The number of carboxylic acids is 4. The summed E-state index contributed by atoms with van der Waals surface area (Å²) in [7, 11) is 0. The molecule has 0 unspecified atom stereocenters. The van der Waals surface area contributed by atoms with E-state index >= 15 is 0 Å². The van der Waals surface area contributed by atoms with Crippen molar-refractivity contribution in [3.05, 3.63) is 24.3 Å². The van der Waals surface area contributed by atoms with Crippen LogP contribution in [-0.2, 0) is 46.6 Å². The van der Waals surface area contributed by atoms with Crippen LogP contribution in [0.25, 0.3) is 0 Å². The molecular weight excluding hydrogens is 315 g/mol. The van der Waals surface area contributed by atoms with Crippen molar-refractivity contribution < 1.29 is 67.0 Å². The van der Waals surface area contributed by atoms with Gasteiger partial charge in [-0.2, -0.15) is 0 Å². The molecule has 114 valence electrons. The molecule has 0 aliphatic carbocycles. The van der Waals surface area contributed by atoms with E-state index in [9.17, 15) is 29.4 Å². The zero-order valence-corrected chi connectivity index (χ0v) is 10.1. The average Bonchev–Trinajstić information content (AvgIpc) is 2.12. The molecule has 0 aromatic rings. The monoisotopic (exact) mass is 326 g/mol. The normalized spacial score (nSPS) is 8.00. The third kappa shape index (κ3) is 49.5. The number of carbonyl (C=O) groups excluding carboxylic acids is 2. The summed E-state index contributed by atoms with van der Waals surface area (Å²) in [5.41, 5.74) is 0. The van der Waals surface area contributed by atoms with Gasteiger partial charge >= 0.3 is 11.9 Å². The summed E-state index contributed by atoms with van der Waals surface area (Å²) in [6, 6.07) is 0. The first-order valence-corrected chi connectivity index (χ1v) is 3.49. The molecule has 10 nitrogen and oxygen atoms in total. The predicted molar refractivity (Wildman–Crippen MR) is 53.3 cm³/mol. The Balaban J connectivity index is -0.0000000594. The molecule has 0 saturated carbocycles. The minimum absolute atomic E-state index is 0. The molecule has 0 heterocycles. The molecule has 0 atom stereocenters. The smallest absolute Gasteiger partial charge is 0.328 e. The van der Waals surface area contributed by atoms with E-state index in [4.69, 9.17) is 10.2 Å². The van der Waals surface area contributed by atoms with Crippen LogP contribution < -0.4 is 10.2 Å². The summed E-state index contributed by atoms with van der Waals surface area (Å²) in [5, 5.41) is 34.5. The van der Waals surface area contributed by atoms with Crippen LogP contribution in [0.1, 0.15) is 0 Å². The topological polar surface area (TPSA) is 221 Å². The van der Waals surface area contributed by atoms with E-state index in [-0.39, 0.29) is 27.4 Å². The Morgan fingerprint density at radius 1 is 0.684 bits per heavy atom. The second-order valence-corrected chi connectivity index (χ2v) is 1.98. The van der Waals surface area contributed by atoms with E-state index in [1.807, 2.05) is 0 Å². The fourth-order valence-corrected chi connectivity index (χ4v) is 0.279. The fraction of sp³-hybridized carbons (Fsp3) is 0. The van der Waals surface area contributed by atoms with Crippen LogP contribution in [0.15, 0.2) is 24.3 Å². The van der Waals surface area contributed by atoms with E-state index in [1.165, 1.54) is 0 Å². The van der Waals surface area contributed by atoms with Crippen molar-refractivity contribution in [2.45, 2.75) is 0 Å². The number of carboxylic acid groups (broad SMARTS) is 4. The van der Waals surface area contributed by atoms with Crippen molar-refractivity contribution >= 4 is 23.9 Å². The van der Waals surface area contributed by atoms with Crippen LogP contribution in [0.4, 0.5) is 0 Å². The molecule has 0 amide bonds. The zero-order chi connectivity index (χ0) is 13.1. The molecule has 0 saturated heterocycles. The third-order valence-electron chi connectivity index (χ3n) is 0.724. The van der Waals surface area contributed by atoms with Crippen LogP contribution >= 0.6 is 0 Å². The molecule has 0 aliphatic heterocycles. The van der Waals surface area contributed by atoms with Gasteiger partial charge in [0.05, 0.1) is 11.9 Å². The van der Waals surface area contributed by atoms with Gasteiger partial charge in [0.1, 0.15) is 0 Å². The van der Waals surface area contributed by atoms with Crippen LogP contribution in [0, 0.1) is 0 Å². The van der Waals surface area contributed by atoms with Gasteiger partial charge in [0.25, 0.3) is 0 Å². The number of hydrogen-bond acceptors (Lipinski definition) is 6. The zero-order valence-electron chi connectivity index (χ0n) is 9.12. The molecule has 0 aromatic heterocycles. The minimum Gasteiger partial charge on any atom is -0.545 e. The number of rotatable bonds is 4. The second kappa shape index (κ2) is 18.1. The summed E-state index contributed by atoms with van der Waals surface area (Å²) in [5.74, 6) is -5.61. The standard InChI is InChI=1S/2C4H4O4.Ni.2H2O/c2*5-3(6)1-2-4(7)8;;;/h2*1-2H,(H,5,6)(H,7,8);;2*1H2. The van der Waals surface area contributed by atoms with Crippen molar-refractivity contribution in [1.82, 2.24) is 0 Å². The van der Waals surface area contributed by atoms with E-state index in [2.05, 4.69) is 0 Å². The first kappa shape index (κ1) is 30.1. The molecule has 19 heavy (non-hydrogen) atoms. The molecular formula is C8H12NiO10. The number of carbonyl (C=O) groups is 4. The second-order valence-electron chi connectivity index (χ2n) is 1.98.